The van der Waals surface area contributed by atoms with Gasteiger partial charge in [0.05, 0.1) is 33.2 Å². The zero-order valence-electron chi connectivity index (χ0n) is 14.7. The third-order valence-electron chi connectivity index (χ3n) is 4.03. The van der Waals surface area contributed by atoms with Gasteiger partial charge in [-0.25, -0.2) is 4.68 Å². The van der Waals surface area contributed by atoms with Gasteiger partial charge in [-0.3, -0.25) is 24.6 Å². The number of halogens is 1. The largest absolute Gasteiger partial charge is 0.346 e. The van der Waals surface area contributed by atoms with Gasteiger partial charge in [0.15, 0.2) is 0 Å². The molecule has 0 saturated carbocycles. The molecule has 0 saturated heterocycles. The lowest BCUT2D eigenvalue weighted by molar-refractivity contribution is 0.0954. The Hall–Kier alpha value is -3.50. The molecule has 0 radical (unpaired) electrons. The molecule has 1 amide bonds. The van der Waals surface area contributed by atoms with Crippen molar-refractivity contribution in [2.45, 2.75) is 6.54 Å². The summed E-state index contributed by atoms with van der Waals surface area (Å²) < 4.78 is 2.10. The molecule has 0 atom stereocenters. The maximum atomic E-state index is 12.1. The number of H-pyrrole nitrogens is 2. The number of hydrogen-bond acceptors (Lipinski definition) is 6. The van der Waals surface area contributed by atoms with Gasteiger partial charge >= 0.3 is 0 Å². The summed E-state index contributed by atoms with van der Waals surface area (Å²) in [6.45, 7) is 0.217. The predicted octanol–water partition coefficient (Wildman–Crippen LogP) is 1.96. The van der Waals surface area contributed by atoms with Gasteiger partial charge in [0, 0.05) is 6.07 Å². The van der Waals surface area contributed by atoms with E-state index in [-0.39, 0.29) is 23.6 Å². The molecule has 4 rings (SSSR count). The highest BCUT2D eigenvalue weighted by atomic mass is 35.5. The molecule has 29 heavy (non-hydrogen) atoms. The van der Waals surface area contributed by atoms with Crippen LogP contribution in [0.5, 0.6) is 0 Å². The number of aromatic nitrogens is 5. The molecule has 9 nitrogen and oxygen atoms in total. The molecule has 3 heterocycles. The van der Waals surface area contributed by atoms with E-state index in [1.807, 2.05) is 0 Å². The Balaban J connectivity index is 1.46. The van der Waals surface area contributed by atoms with Crippen molar-refractivity contribution in [3.05, 3.63) is 84.3 Å². The Kier molecular flexibility index (Phi) is 5.10. The molecule has 0 aliphatic heterocycles. The fourth-order valence-corrected chi connectivity index (χ4v) is 3.59. The lowest BCUT2D eigenvalue weighted by Gasteiger charge is -2.03. The van der Waals surface area contributed by atoms with Crippen LogP contribution in [0.2, 0.25) is 4.34 Å². The minimum Gasteiger partial charge on any atom is -0.346 e. The number of rotatable bonds is 5. The van der Waals surface area contributed by atoms with Gasteiger partial charge in [0.1, 0.15) is 5.69 Å². The van der Waals surface area contributed by atoms with Crippen molar-refractivity contribution in [1.82, 2.24) is 30.5 Å². The normalized spacial score (nSPS) is 10.8. The van der Waals surface area contributed by atoms with E-state index in [1.54, 1.807) is 47.3 Å². The molecule has 3 aromatic heterocycles. The van der Waals surface area contributed by atoms with Crippen LogP contribution in [0.3, 0.4) is 0 Å². The predicted molar refractivity (Wildman–Crippen MR) is 109 cm³/mol. The first-order valence-electron chi connectivity index (χ1n) is 8.37. The number of carbonyl (C=O) groups excluding carboxylic acids is 1. The van der Waals surface area contributed by atoms with Crippen molar-refractivity contribution in [2.75, 3.05) is 0 Å². The molecule has 0 aliphatic rings. The van der Waals surface area contributed by atoms with Gasteiger partial charge in [-0.1, -0.05) is 28.9 Å². The summed E-state index contributed by atoms with van der Waals surface area (Å²) in [5.74, 6) is -0.233. The second-order valence-corrected chi connectivity index (χ2v) is 7.70. The van der Waals surface area contributed by atoms with Crippen molar-refractivity contribution < 1.29 is 4.79 Å². The van der Waals surface area contributed by atoms with Crippen LogP contribution in [0.25, 0.3) is 16.8 Å². The number of carbonyl (C=O) groups is 1. The quantitative estimate of drug-likeness (QED) is 0.448. The molecule has 3 N–H and O–H groups in total. The Bertz CT molecular complexity index is 1290. The monoisotopic (exact) mass is 428 g/mol. The van der Waals surface area contributed by atoms with E-state index < -0.39 is 5.56 Å². The zero-order valence-corrected chi connectivity index (χ0v) is 16.3. The molecular formula is C18H13ClN6O3S. The molecule has 0 aliphatic carbocycles. The standard InChI is InChI=1S/C18H13ClN6O3S/c19-15-6-5-14(29-15)18(28)20-8-11-9-25(24-21-11)12-3-1-10(2-4-12)13-7-16(26)22-23-17(13)27/h1-7,9H,8H2,(H,20,28)(H,22,26)(H,23,27). The number of nitrogens with one attached hydrogen (secondary N) is 3. The summed E-state index contributed by atoms with van der Waals surface area (Å²) in [7, 11) is 0. The van der Waals surface area contributed by atoms with E-state index in [2.05, 4.69) is 25.8 Å². The highest BCUT2D eigenvalue weighted by molar-refractivity contribution is 7.17. The first kappa shape index (κ1) is 18.8. The van der Waals surface area contributed by atoms with Crippen LogP contribution in [0.1, 0.15) is 15.4 Å². The van der Waals surface area contributed by atoms with E-state index >= 15 is 0 Å². The summed E-state index contributed by atoms with van der Waals surface area (Å²) in [6, 6.07) is 11.5. The summed E-state index contributed by atoms with van der Waals surface area (Å²) in [6.07, 6.45) is 1.69. The average molecular weight is 429 g/mol. The maximum Gasteiger partial charge on any atom is 0.270 e. The first-order chi connectivity index (χ1) is 14.0. The fraction of sp³-hybridized carbons (Fsp3) is 0.0556. The summed E-state index contributed by atoms with van der Waals surface area (Å²) in [5, 5.41) is 15.4. The molecule has 4 aromatic rings. The lowest BCUT2D eigenvalue weighted by atomic mass is 10.1. The fourth-order valence-electron chi connectivity index (χ4n) is 2.63. The number of benzene rings is 1. The smallest absolute Gasteiger partial charge is 0.270 e. The minimum atomic E-state index is -0.392. The first-order valence-corrected chi connectivity index (χ1v) is 9.56. The van der Waals surface area contributed by atoms with Gasteiger partial charge in [-0.05, 0) is 29.8 Å². The third-order valence-corrected chi connectivity index (χ3v) is 5.26. The van der Waals surface area contributed by atoms with Crippen LogP contribution in [0.15, 0.2) is 58.3 Å². The van der Waals surface area contributed by atoms with Crippen LogP contribution in [-0.4, -0.2) is 31.1 Å². The number of thiophene rings is 1. The summed E-state index contributed by atoms with van der Waals surface area (Å²) in [5.41, 5.74) is 1.39. The molecule has 146 valence electrons. The Labute approximate surface area is 172 Å². The summed E-state index contributed by atoms with van der Waals surface area (Å²) in [4.78, 5) is 35.9. The van der Waals surface area contributed by atoms with Crippen LogP contribution < -0.4 is 16.4 Å². The Morgan fingerprint density at radius 3 is 2.66 bits per heavy atom. The molecule has 0 bridgehead atoms. The molecular weight excluding hydrogens is 416 g/mol. The molecule has 11 heteroatoms. The van der Waals surface area contributed by atoms with Crippen molar-refractivity contribution in [3.63, 3.8) is 0 Å². The average Bonchev–Trinajstić information content (AvgIpc) is 3.37. The van der Waals surface area contributed by atoms with Gasteiger partial charge in [-0.2, -0.15) is 0 Å². The minimum absolute atomic E-state index is 0.217. The number of aromatic amines is 2. The van der Waals surface area contributed by atoms with E-state index in [1.165, 1.54) is 17.4 Å². The van der Waals surface area contributed by atoms with Gasteiger partial charge in [0.2, 0.25) is 0 Å². The lowest BCUT2D eigenvalue weighted by Crippen LogP contribution is -2.21. The van der Waals surface area contributed by atoms with E-state index in [0.717, 1.165) is 0 Å². The molecule has 0 unspecified atom stereocenters. The maximum absolute atomic E-state index is 12.1. The van der Waals surface area contributed by atoms with Crippen LogP contribution >= 0.6 is 22.9 Å². The van der Waals surface area contributed by atoms with Crippen molar-refractivity contribution in [2.24, 2.45) is 0 Å². The van der Waals surface area contributed by atoms with Crippen LogP contribution in [0, 0.1) is 0 Å². The van der Waals surface area contributed by atoms with Gasteiger partial charge < -0.3 is 5.32 Å². The number of nitrogens with zero attached hydrogens (tertiary/aromatic N) is 3. The number of amides is 1. The Morgan fingerprint density at radius 1 is 1.14 bits per heavy atom. The van der Waals surface area contributed by atoms with Crippen molar-refractivity contribution >= 4 is 28.8 Å². The molecule has 0 fully saturated rings. The van der Waals surface area contributed by atoms with Crippen LogP contribution in [0.4, 0.5) is 0 Å². The van der Waals surface area contributed by atoms with Crippen molar-refractivity contribution in [1.29, 1.82) is 0 Å². The highest BCUT2D eigenvalue weighted by Crippen LogP contribution is 2.21. The zero-order chi connectivity index (χ0) is 20.4. The number of hydrogen-bond donors (Lipinski definition) is 3. The van der Waals surface area contributed by atoms with E-state index in [0.29, 0.717) is 26.2 Å². The van der Waals surface area contributed by atoms with E-state index in [4.69, 9.17) is 11.6 Å². The van der Waals surface area contributed by atoms with Crippen molar-refractivity contribution in [3.8, 4) is 16.8 Å². The molecule has 1 aromatic carbocycles. The third kappa shape index (κ3) is 4.18. The van der Waals surface area contributed by atoms with Crippen LogP contribution in [-0.2, 0) is 6.54 Å². The topological polar surface area (TPSA) is 126 Å². The van der Waals surface area contributed by atoms with Gasteiger partial charge in [-0.15, -0.1) is 16.4 Å². The molecule has 0 spiro atoms. The Morgan fingerprint density at radius 2 is 1.93 bits per heavy atom. The second-order valence-electron chi connectivity index (χ2n) is 5.99. The second kappa shape index (κ2) is 7.86. The van der Waals surface area contributed by atoms with Gasteiger partial charge in [0.25, 0.3) is 17.0 Å². The van der Waals surface area contributed by atoms with E-state index in [9.17, 15) is 14.4 Å². The summed E-state index contributed by atoms with van der Waals surface area (Å²) >= 11 is 7.04. The highest BCUT2D eigenvalue weighted by Gasteiger charge is 2.10. The SMILES string of the molecule is O=C(NCc1cn(-c2ccc(-c3cc(=O)[nH][nH]c3=O)cc2)nn1)c1ccc(Cl)s1.